The monoisotopic (exact) mass is 290 g/mol. The van der Waals surface area contributed by atoms with Crippen molar-refractivity contribution in [2.45, 2.75) is 30.6 Å². The fraction of sp³-hybridized carbons (Fsp3) is 0.545. The third-order valence-corrected chi connectivity index (χ3v) is 5.19. The number of nitrogens with one attached hydrogen (secondary N) is 1. The molecule has 18 heavy (non-hydrogen) atoms. The minimum absolute atomic E-state index is 0.0500. The Balaban J connectivity index is 2.34. The van der Waals surface area contributed by atoms with Crippen molar-refractivity contribution in [3.8, 4) is 0 Å². The third-order valence-electron chi connectivity index (χ3n) is 3.03. The van der Waals surface area contributed by atoms with Crippen molar-refractivity contribution < 1.29 is 8.42 Å². The topological polar surface area (TPSA) is 70.2 Å². The minimum atomic E-state index is -3.55. The van der Waals surface area contributed by atoms with Gasteiger partial charge in [0.15, 0.2) is 0 Å². The van der Waals surface area contributed by atoms with Gasteiger partial charge in [-0.1, -0.05) is 24.4 Å². The van der Waals surface area contributed by atoms with Crippen LogP contribution in [0.15, 0.2) is 22.0 Å². The summed E-state index contributed by atoms with van der Waals surface area (Å²) in [5.41, 5.74) is -0.480. The molecule has 0 amide bonds. The molecule has 0 unspecified atom stereocenters. The predicted molar refractivity (Wildman–Crippen MR) is 69.3 cm³/mol. The number of nitrogens with zero attached hydrogens (tertiary/aromatic N) is 1. The van der Waals surface area contributed by atoms with E-state index in [-0.39, 0.29) is 9.92 Å². The average Bonchev–Trinajstić information content (AvgIpc) is 2.61. The Labute approximate surface area is 111 Å². The lowest BCUT2D eigenvalue weighted by Gasteiger charge is -2.19. The highest BCUT2D eigenvalue weighted by Crippen LogP contribution is 2.20. The first-order chi connectivity index (χ1) is 8.51. The highest BCUT2D eigenvalue weighted by molar-refractivity contribution is 7.89. The highest BCUT2D eigenvalue weighted by Gasteiger charge is 2.25. The molecule has 0 spiro atoms. The Hall–Kier alpha value is -0.850. The van der Waals surface area contributed by atoms with Gasteiger partial charge in [-0.3, -0.25) is 4.79 Å². The lowest BCUT2D eigenvalue weighted by molar-refractivity contribution is 0.423. The van der Waals surface area contributed by atoms with Crippen LogP contribution in [0, 0.1) is 0 Å². The molecule has 1 saturated heterocycles. The summed E-state index contributed by atoms with van der Waals surface area (Å²) in [6.07, 6.45) is 5.05. The van der Waals surface area contributed by atoms with Crippen LogP contribution in [0.1, 0.15) is 25.7 Å². The standard InChI is InChI=1S/C11H15ClN2O3S/c12-10-7-9(8-13-11(10)15)18(16,17)14-5-3-1-2-4-6-14/h7-8H,1-6H2,(H,13,15). The highest BCUT2D eigenvalue weighted by atomic mass is 35.5. The molecule has 0 bridgehead atoms. The molecule has 1 aromatic rings. The molecule has 1 fully saturated rings. The van der Waals surface area contributed by atoms with Crippen LogP contribution in [-0.4, -0.2) is 30.8 Å². The van der Waals surface area contributed by atoms with Crippen molar-refractivity contribution in [3.05, 3.63) is 27.6 Å². The molecule has 1 aliphatic rings. The van der Waals surface area contributed by atoms with E-state index in [1.807, 2.05) is 0 Å². The van der Waals surface area contributed by atoms with Crippen LogP contribution in [-0.2, 0) is 10.0 Å². The lowest BCUT2D eigenvalue weighted by atomic mass is 10.2. The maximum atomic E-state index is 12.3. The Bertz CT molecular complexity index is 574. The maximum Gasteiger partial charge on any atom is 0.266 e. The van der Waals surface area contributed by atoms with Gasteiger partial charge in [-0.25, -0.2) is 8.42 Å². The van der Waals surface area contributed by atoms with Crippen LogP contribution in [0.4, 0.5) is 0 Å². The molecule has 5 nitrogen and oxygen atoms in total. The van der Waals surface area contributed by atoms with Crippen LogP contribution < -0.4 is 5.56 Å². The van der Waals surface area contributed by atoms with Crippen molar-refractivity contribution in [1.82, 2.24) is 9.29 Å². The van der Waals surface area contributed by atoms with Crippen molar-refractivity contribution in [2.24, 2.45) is 0 Å². The van der Waals surface area contributed by atoms with Crippen molar-refractivity contribution in [1.29, 1.82) is 0 Å². The normalized spacial score (nSPS) is 18.5. The summed E-state index contributed by atoms with van der Waals surface area (Å²) in [5.74, 6) is 0. The van der Waals surface area contributed by atoms with Gasteiger partial charge < -0.3 is 4.98 Å². The largest absolute Gasteiger partial charge is 0.326 e. The summed E-state index contributed by atoms with van der Waals surface area (Å²) in [6, 6.07) is 1.21. The van der Waals surface area contributed by atoms with Gasteiger partial charge in [0.1, 0.15) is 5.02 Å². The molecule has 0 saturated carbocycles. The molecule has 0 atom stereocenters. The third kappa shape index (κ3) is 2.76. The van der Waals surface area contributed by atoms with Crippen LogP contribution >= 0.6 is 11.6 Å². The number of hydrogen-bond donors (Lipinski definition) is 1. The van der Waals surface area contributed by atoms with Crippen molar-refractivity contribution >= 4 is 21.6 Å². The van der Waals surface area contributed by atoms with Gasteiger partial charge >= 0.3 is 0 Å². The van der Waals surface area contributed by atoms with Gasteiger partial charge in [0.05, 0.1) is 4.90 Å². The molecule has 100 valence electrons. The summed E-state index contributed by atoms with van der Waals surface area (Å²) in [5, 5.41) is -0.106. The van der Waals surface area contributed by atoms with Gasteiger partial charge in [-0.15, -0.1) is 0 Å². The predicted octanol–water partition coefficient (Wildman–Crippen LogP) is 1.59. The minimum Gasteiger partial charge on any atom is -0.326 e. The number of halogens is 1. The van der Waals surface area contributed by atoms with E-state index in [1.54, 1.807) is 0 Å². The van der Waals surface area contributed by atoms with E-state index in [0.29, 0.717) is 13.1 Å². The Kier molecular flexibility index (Phi) is 4.09. The Morgan fingerprint density at radius 1 is 1.17 bits per heavy atom. The lowest BCUT2D eigenvalue weighted by Crippen LogP contribution is -2.32. The first-order valence-corrected chi connectivity index (χ1v) is 7.72. The van der Waals surface area contributed by atoms with E-state index in [2.05, 4.69) is 4.98 Å². The summed E-state index contributed by atoms with van der Waals surface area (Å²) in [6.45, 7) is 1.05. The van der Waals surface area contributed by atoms with E-state index in [4.69, 9.17) is 11.6 Å². The SMILES string of the molecule is O=c1[nH]cc(S(=O)(=O)N2CCCCCC2)cc1Cl. The maximum absolute atomic E-state index is 12.3. The van der Waals surface area contributed by atoms with E-state index < -0.39 is 15.6 Å². The number of rotatable bonds is 2. The zero-order valence-corrected chi connectivity index (χ0v) is 11.4. The Morgan fingerprint density at radius 3 is 2.33 bits per heavy atom. The van der Waals surface area contributed by atoms with Gasteiger partial charge in [0, 0.05) is 19.3 Å². The van der Waals surface area contributed by atoms with Gasteiger partial charge in [0.25, 0.3) is 5.56 Å². The fourth-order valence-electron chi connectivity index (χ4n) is 2.02. The summed E-state index contributed by atoms with van der Waals surface area (Å²) >= 11 is 5.66. The molecule has 1 N–H and O–H groups in total. The molecule has 0 aromatic carbocycles. The molecular formula is C11H15ClN2O3S. The van der Waals surface area contributed by atoms with Crippen molar-refractivity contribution in [3.63, 3.8) is 0 Å². The number of aromatic nitrogens is 1. The molecule has 1 aromatic heterocycles. The van der Waals surface area contributed by atoms with Gasteiger partial charge in [-0.2, -0.15) is 4.31 Å². The quantitative estimate of drug-likeness (QED) is 0.899. The van der Waals surface area contributed by atoms with E-state index in [1.165, 1.54) is 16.6 Å². The summed E-state index contributed by atoms with van der Waals surface area (Å²) < 4.78 is 26.2. The van der Waals surface area contributed by atoms with E-state index >= 15 is 0 Å². The van der Waals surface area contributed by atoms with Crippen LogP contribution in [0.2, 0.25) is 5.02 Å². The second-order valence-electron chi connectivity index (χ2n) is 4.33. The molecule has 0 aliphatic carbocycles. The first-order valence-electron chi connectivity index (χ1n) is 5.90. The first kappa shape index (κ1) is 13.6. The smallest absolute Gasteiger partial charge is 0.266 e. The van der Waals surface area contributed by atoms with Crippen LogP contribution in [0.3, 0.4) is 0 Å². The molecule has 2 rings (SSSR count). The summed E-state index contributed by atoms with van der Waals surface area (Å²) in [7, 11) is -3.55. The van der Waals surface area contributed by atoms with Crippen LogP contribution in [0.5, 0.6) is 0 Å². The second-order valence-corrected chi connectivity index (χ2v) is 6.68. The number of pyridine rings is 1. The van der Waals surface area contributed by atoms with E-state index in [9.17, 15) is 13.2 Å². The molecular weight excluding hydrogens is 276 g/mol. The zero-order chi connectivity index (χ0) is 13.2. The Morgan fingerprint density at radius 2 is 1.78 bits per heavy atom. The van der Waals surface area contributed by atoms with E-state index in [0.717, 1.165) is 25.7 Å². The summed E-state index contributed by atoms with van der Waals surface area (Å²) in [4.78, 5) is 13.5. The molecule has 1 aliphatic heterocycles. The van der Waals surface area contributed by atoms with Crippen LogP contribution in [0.25, 0.3) is 0 Å². The zero-order valence-electron chi connectivity index (χ0n) is 9.86. The fourth-order valence-corrected chi connectivity index (χ4v) is 3.77. The molecule has 2 heterocycles. The number of hydrogen-bond acceptors (Lipinski definition) is 3. The van der Waals surface area contributed by atoms with Gasteiger partial charge in [0.2, 0.25) is 10.0 Å². The van der Waals surface area contributed by atoms with Gasteiger partial charge in [-0.05, 0) is 18.9 Å². The molecule has 7 heteroatoms. The second kappa shape index (κ2) is 5.42. The van der Waals surface area contributed by atoms with Crippen molar-refractivity contribution in [2.75, 3.05) is 13.1 Å². The number of sulfonamides is 1. The number of H-pyrrole nitrogens is 1. The average molecular weight is 291 g/mol. The number of aromatic amines is 1. The molecule has 0 radical (unpaired) electrons.